The maximum atomic E-state index is 14.5. The molecule has 4 rings (SSSR count). The summed E-state index contributed by atoms with van der Waals surface area (Å²) >= 11 is 0. The number of piperidine rings is 1. The molecule has 2 aliphatic heterocycles. The van der Waals surface area contributed by atoms with E-state index in [1.165, 1.54) is 6.07 Å². The molecular weight excluding hydrogens is 503 g/mol. The summed E-state index contributed by atoms with van der Waals surface area (Å²) in [5.41, 5.74) is 1.58. The fourth-order valence-corrected chi connectivity index (χ4v) is 5.64. The smallest absolute Gasteiger partial charge is 0.153 e. The molecule has 0 bridgehead atoms. The minimum absolute atomic E-state index is 0.00535. The first-order chi connectivity index (χ1) is 18.9. The molecule has 8 nitrogen and oxygen atoms in total. The molecule has 3 atom stereocenters. The number of hydrogen-bond donors (Lipinski definition) is 2. The number of rotatable bonds is 13. The Morgan fingerprint density at radius 3 is 2.41 bits per heavy atom. The lowest BCUT2D eigenvalue weighted by atomic mass is 9.97. The van der Waals surface area contributed by atoms with Crippen molar-refractivity contribution >= 4 is 11.4 Å². The summed E-state index contributed by atoms with van der Waals surface area (Å²) in [5, 5.41) is 19.4. The van der Waals surface area contributed by atoms with Crippen LogP contribution < -0.4 is 19.3 Å². The molecule has 2 saturated heterocycles. The van der Waals surface area contributed by atoms with Gasteiger partial charge in [-0.3, -0.25) is 0 Å². The van der Waals surface area contributed by atoms with Gasteiger partial charge in [0.15, 0.2) is 6.29 Å². The molecule has 2 N–H and O–H groups in total. The van der Waals surface area contributed by atoms with E-state index in [9.17, 15) is 14.6 Å². The molecule has 216 valence electrons. The van der Waals surface area contributed by atoms with Crippen LogP contribution in [0, 0.1) is 11.7 Å². The molecule has 2 heterocycles. The highest BCUT2D eigenvalue weighted by molar-refractivity contribution is 5.53. The van der Waals surface area contributed by atoms with Gasteiger partial charge in [0.1, 0.15) is 23.4 Å². The van der Waals surface area contributed by atoms with Crippen molar-refractivity contribution in [3.8, 4) is 11.5 Å². The Labute approximate surface area is 231 Å². The maximum Gasteiger partial charge on any atom is 0.153 e. The van der Waals surface area contributed by atoms with Gasteiger partial charge >= 0.3 is 0 Å². The maximum absolute atomic E-state index is 14.5. The molecule has 0 unspecified atom stereocenters. The van der Waals surface area contributed by atoms with Gasteiger partial charge in [-0.2, -0.15) is 0 Å². The number of aliphatic hydroxyl groups is 2. The third-order valence-corrected chi connectivity index (χ3v) is 7.73. The number of halogens is 1. The molecule has 2 fully saturated rings. The summed E-state index contributed by atoms with van der Waals surface area (Å²) in [4.78, 5) is 4.26. The molecule has 0 aromatic heterocycles. The Balaban J connectivity index is 1.33. The van der Waals surface area contributed by atoms with Gasteiger partial charge in [0.25, 0.3) is 0 Å². The monoisotopic (exact) mass is 546 g/mol. The lowest BCUT2D eigenvalue weighted by molar-refractivity contribution is -0.0542. The molecular formula is C30H43FN2O6. The quantitative estimate of drug-likeness (QED) is 0.286. The molecule has 0 saturated carbocycles. The largest absolute Gasteiger partial charge is 0.494 e. The highest BCUT2D eigenvalue weighted by atomic mass is 19.1. The lowest BCUT2D eigenvalue weighted by Crippen LogP contribution is -2.38. The van der Waals surface area contributed by atoms with Crippen molar-refractivity contribution < 1.29 is 33.6 Å². The van der Waals surface area contributed by atoms with Crippen molar-refractivity contribution in [1.29, 1.82) is 0 Å². The first-order valence-electron chi connectivity index (χ1n) is 14.1. The van der Waals surface area contributed by atoms with Crippen molar-refractivity contribution in [1.82, 2.24) is 0 Å². The van der Waals surface area contributed by atoms with Crippen LogP contribution in [0.25, 0.3) is 0 Å². The highest BCUT2D eigenvalue weighted by Gasteiger charge is 2.40. The van der Waals surface area contributed by atoms with Gasteiger partial charge in [-0.15, -0.1) is 0 Å². The molecule has 9 heteroatoms. The molecule has 0 radical (unpaired) electrons. The number of hydrogen-bond acceptors (Lipinski definition) is 8. The van der Waals surface area contributed by atoms with E-state index in [0.717, 1.165) is 30.7 Å². The second-order valence-corrected chi connectivity index (χ2v) is 10.4. The fourth-order valence-electron chi connectivity index (χ4n) is 5.64. The van der Waals surface area contributed by atoms with Crippen LogP contribution in [0.5, 0.6) is 11.5 Å². The van der Waals surface area contributed by atoms with Crippen LogP contribution in [-0.2, 0) is 9.47 Å². The van der Waals surface area contributed by atoms with Crippen molar-refractivity contribution in [3.05, 3.63) is 48.3 Å². The SMILES string of the molecule is CCOc1ccc(F)c(N2CCC(Oc3ccc(N4C[C@H](OCCCOC)[C@@H](C)[C@@H]4CC(O)O)cc3)CC2)c1. The van der Waals surface area contributed by atoms with Crippen molar-refractivity contribution in [2.45, 2.75) is 64.1 Å². The van der Waals surface area contributed by atoms with E-state index in [0.29, 0.717) is 50.9 Å². The van der Waals surface area contributed by atoms with E-state index in [1.807, 2.05) is 31.2 Å². The van der Waals surface area contributed by atoms with Gasteiger partial charge in [0.2, 0.25) is 0 Å². The van der Waals surface area contributed by atoms with Gasteiger partial charge in [-0.25, -0.2) is 4.39 Å². The van der Waals surface area contributed by atoms with Gasteiger partial charge in [0.05, 0.1) is 18.4 Å². The van der Waals surface area contributed by atoms with Crippen LogP contribution >= 0.6 is 0 Å². The second kappa shape index (κ2) is 14.2. The van der Waals surface area contributed by atoms with E-state index in [1.54, 1.807) is 19.2 Å². The molecule has 39 heavy (non-hydrogen) atoms. The molecule has 0 spiro atoms. The summed E-state index contributed by atoms with van der Waals surface area (Å²) < 4.78 is 37.5. The molecule has 2 aliphatic rings. The van der Waals surface area contributed by atoms with Crippen molar-refractivity contribution in [3.63, 3.8) is 0 Å². The Bertz CT molecular complexity index is 1020. The molecule has 0 aliphatic carbocycles. The van der Waals surface area contributed by atoms with Crippen LogP contribution in [0.4, 0.5) is 15.8 Å². The molecule has 2 aromatic rings. The minimum Gasteiger partial charge on any atom is -0.494 e. The minimum atomic E-state index is -1.38. The second-order valence-electron chi connectivity index (χ2n) is 10.4. The summed E-state index contributed by atoms with van der Waals surface area (Å²) in [6, 6.07) is 12.8. The Morgan fingerprint density at radius 2 is 1.74 bits per heavy atom. The first-order valence-corrected chi connectivity index (χ1v) is 14.1. The van der Waals surface area contributed by atoms with E-state index >= 15 is 0 Å². The highest BCUT2D eigenvalue weighted by Crippen LogP contribution is 2.35. The average molecular weight is 547 g/mol. The third-order valence-electron chi connectivity index (χ3n) is 7.73. The number of nitrogens with zero attached hydrogens (tertiary/aromatic N) is 2. The number of methoxy groups -OCH3 is 1. The predicted octanol–water partition coefficient (Wildman–Crippen LogP) is 4.22. The fraction of sp³-hybridized carbons (Fsp3) is 0.600. The Kier molecular flexibility index (Phi) is 10.7. The summed E-state index contributed by atoms with van der Waals surface area (Å²) in [7, 11) is 1.68. The number of aliphatic hydroxyl groups excluding tert-OH is 1. The van der Waals surface area contributed by atoms with Gasteiger partial charge < -0.3 is 39.0 Å². The molecule has 0 amide bonds. The summed E-state index contributed by atoms with van der Waals surface area (Å²) in [6.45, 7) is 7.93. The average Bonchev–Trinajstić information content (AvgIpc) is 3.23. The van der Waals surface area contributed by atoms with E-state index in [2.05, 4.69) is 16.7 Å². The standard InChI is InChI=1S/C30H43FN2O6/c1-4-37-25-10-11-26(31)28(18-25)32-14-12-24(13-15-32)39-23-8-6-22(7-9-23)33-20-29(38-17-5-16-36-3)21(2)27(33)19-30(34)35/h6-11,18,21,24,27,29-30,34-35H,4-5,12-17,19-20H2,1-3H3/t21-,27-,29-/m0/s1. The zero-order valence-corrected chi connectivity index (χ0v) is 23.3. The zero-order chi connectivity index (χ0) is 27.8. The Hall–Kier alpha value is -2.59. The van der Waals surface area contributed by atoms with Crippen molar-refractivity contribution in [2.75, 3.05) is 56.4 Å². The normalized spacial score (nSPS) is 22.1. The number of benzene rings is 2. The number of ether oxygens (including phenoxy) is 4. The van der Waals surface area contributed by atoms with Crippen LogP contribution in [0.15, 0.2) is 42.5 Å². The van der Waals surface area contributed by atoms with E-state index in [4.69, 9.17) is 18.9 Å². The van der Waals surface area contributed by atoms with Gasteiger partial charge in [-0.1, -0.05) is 6.92 Å². The Morgan fingerprint density at radius 1 is 1.03 bits per heavy atom. The van der Waals surface area contributed by atoms with Gasteiger partial charge in [-0.05, 0) is 49.7 Å². The molecule has 2 aromatic carbocycles. The van der Waals surface area contributed by atoms with E-state index < -0.39 is 6.29 Å². The number of anilines is 2. The van der Waals surface area contributed by atoms with Crippen LogP contribution in [0.1, 0.15) is 39.5 Å². The van der Waals surface area contributed by atoms with Gasteiger partial charge in [0, 0.05) is 82.9 Å². The van der Waals surface area contributed by atoms with E-state index in [-0.39, 0.29) is 36.4 Å². The topological polar surface area (TPSA) is 83.9 Å². The van der Waals surface area contributed by atoms with Crippen LogP contribution in [-0.4, -0.2) is 81.3 Å². The van der Waals surface area contributed by atoms with Crippen LogP contribution in [0.3, 0.4) is 0 Å². The third kappa shape index (κ3) is 7.75. The van der Waals surface area contributed by atoms with Crippen LogP contribution in [0.2, 0.25) is 0 Å². The lowest BCUT2D eigenvalue weighted by Gasteiger charge is -2.34. The predicted molar refractivity (Wildman–Crippen MR) is 149 cm³/mol. The summed E-state index contributed by atoms with van der Waals surface area (Å²) in [5.74, 6) is 1.38. The zero-order valence-electron chi connectivity index (χ0n) is 23.3. The van der Waals surface area contributed by atoms with Crippen molar-refractivity contribution in [2.24, 2.45) is 5.92 Å². The summed E-state index contributed by atoms with van der Waals surface area (Å²) in [6.07, 6.45) is 1.35. The first kappa shape index (κ1) is 29.4.